The maximum Gasteiger partial charge on any atom is 2.00 e. The molecule has 270 valence electrons. The Hall–Kier alpha value is -5.87. The summed E-state index contributed by atoms with van der Waals surface area (Å²) in [7, 11) is -1.56. The molecule has 0 saturated heterocycles. The van der Waals surface area contributed by atoms with E-state index in [1.165, 1.54) is 59.1 Å². The molecule has 0 unspecified atom stereocenters. The van der Waals surface area contributed by atoms with E-state index in [1.54, 1.807) is 12.3 Å². The fraction of sp³-hybridized carbons (Fsp3) is 0.0882. The molecule has 0 bridgehead atoms. The molecule has 0 radical (unpaired) electrons. The number of nitrogens with zero attached hydrogens (tertiary/aromatic N) is 7. The molecule has 5 aromatic rings. The van der Waals surface area contributed by atoms with Gasteiger partial charge >= 0.3 is 43.6 Å². The first-order chi connectivity index (χ1) is 24.5. The summed E-state index contributed by atoms with van der Waals surface area (Å²) in [6.45, 7) is 4.46. The standard InChI is InChI=1S/C18H11N3O6.C15H13F3N3Si.CNS.Ru/c22-16(23)9-1-3-19-12(5-9)14-7-11(18(26)27)8-15(21-14)13-6-10(17(24)25)2-4-20-13;1-22(2)7-3-4-13(22)10-5-6-11(19-9-10)12-8-14(21-20-12)15(16,17)18;2-1-3;/h1-8H,(H,22,23)(H,24,25)(H,26,27);3-9H,1-2H3;;/q;2*-1;+2. The fourth-order valence-electron chi connectivity index (χ4n) is 4.74. The first-order valence-electron chi connectivity index (χ1n) is 14.6. The minimum absolute atomic E-state index is 0. The van der Waals surface area contributed by atoms with Crippen LogP contribution in [0.5, 0.6) is 0 Å². The number of carbonyl (C=O) groups is 3. The third kappa shape index (κ3) is 10.6. The minimum atomic E-state index is -4.48. The number of pyridine rings is 4. The monoisotopic (exact) mass is 845 g/mol. The van der Waals surface area contributed by atoms with Crippen molar-refractivity contribution in [3.8, 4) is 34.2 Å². The molecule has 53 heavy (non-hydrogen) atoms. The van der Waals surface area contributed by atoms with E-state index in [-0.39, 0.29) is 64.6 Å². The molecule has 1 aliphatic rings. The molecule has 5 aromatic heterocycles. The number of aromatic nitrogens is 6. The second kappa shape index (κ2) is 17.6. The number of halogens is 3. The Kier molecular flexibility index (Phi) is 13.8. The Bertz CT molecular complexity index is 2180. The van der Waals surface area contributed by atoms with Crippen LogP contribution in [-0.4, -0.2) is 71.5 Å². The van der Waals surface area contributed by atoms with Gasteiger partial charge in [-0.2, -0.15) is 18.3 Å². The van der Waals surface area contributed by atoms with Gasteiger partial charge in [0.1, 0.15) is 13.8 Å². The van der Waals surface area contributed by atoms with E-state index >= 15 is 0 Å². The van der Waals surface area contributed by atoms with Crippen molar-refractivity contribution in [1.82, 2.24) is 30.1 Å². The van der Waals surface area contributed by atoms with Gasteiger partial charge in [-0.3, -0.25) is 15.0 Å². The second-order valence-electron chi connectivity index (χ2n) is 11.2. The van der Waals surface area contributed by atoms with Crippen LogP contribution in [0.2, 0.25) is 13.1 Å². The smallest absolute Gasteiger partial charge is 0.753 e. The van der Waals surface area contributed by atoms with Crippen molar-refractivity contribution in [1.29, 1.82) is 0 Å². The zero-order chi connectivity index (χ0) is 38.2. The Morgan fingerprint density at radius 1 is 0.792 bits per heavy atom. The Balaban J connectivity index is 0.000000265. The van der Waals surface area contributed by atoms with E-state index in [2.05, 4.69) is 67.2 Å². The summed E-state index contributed by atoms with van der Waals surface area (Å²) >= 11 is 3.70. The van der Waals surface area contributed by atoms with Crippen LogP contribution in [0.4, 0.5) is 13.2 Å². The number of allylic oxidation sites excluding steroid dienone is 2. The number of hydrogen-bond donors (Lipinski definition) is 3. The van der Waals surface area contributed by atoms with Crippen LogP contribution in [0.25, 0.3) is 44.8 Å². The van der Waals surface area contributed by atoms with Crippen LogP contribution >= 0.6 is 12.2 Å². The molecule has 19 heteroatoms. The van der Waals surface area contributed by atoms with Crippen molar-refractivity contribution in [3.63, 3.8) is 0 Å². The normalized spacial score (nSPS) is 12.4. The fourth-order valence-corrected chi connectivity index (χ4v) is 6.92. The van der Waals surface area contributed by atoms with Gasteiger partial charge in [0, 0.05) is 24.3 Å². The number of carboxylic acids is 3. The predicted octanol–water partition coefficient (Wildman–Crippen LogP) is 6.82. The molecule has 0 atom stereocenters. The molecule has 0 aromatic carbocycles. The number of rotatable bonds is 7. The molecule has 13 nitrogen and oxygen atoms in total. The van der Waals surface area contributed by atoms with E-state index < -0.39 is 37.9 Å². The van der Waals surface area contributed by atoms with Crippen LogP contribution in [0.15, 0.2) is 91.0 Å². The van der Waals surface area contributed by atoms with Gasteiger partial charge in [-0.05, 0) is 59.3 Å². The number of alkyl halides is 3. The molecule has 0 saturated carbocycles. The first kappa shape index (κ1) is 41.6. The predicted molar refractivity (Wildman–Crippen MR) is 188 cm³/mol. The molecule has 6 rings (SSSR count). The van der Waals surface area contributed by atoms with Gasteiger partial charge < -0.3 is 30.9 Å². The molecular weight excluding hydrogens is 821 g/mol. The summed E-state index contributed by atoms with van der Waals surface area (Å²) in [5.41, 5.74) is 3.13. The summed E-state index contributed by atoms with van der Waals surface area (Å²) in [5.74, 6) is -3.56. The zero-order valence-electron chi connectivity index (χ0n) is 27.3. The largest absolute Gasteiger partial charge is 2.00 e. The third-order valence-electron chi connectivity index (χ3n) is 7.25. The van der Waals surface area contributed by atoms with Crippen LogP contribution < -0.4 is 5.10 Å². The Morgan fingerprint density at radius 2 is 1.30 bits per heavy atom. The summed E-state index contributed by atoms with van der Waals surface area (Å²) in [5, 5.41) is 44.0. The van der Waals surface area contributed by atoms with Crippen molar-refractivity contribution >= 4 is 48.6 Å². The Labute approximate surface area is 317 Å². The van der Waals surface area contributed by atoms with Crippen LogP contribution in [0.1, 0.15) is 42.3 Å². The van der Waals surface area contributed by atoms with Crippen molar-refractivity contribution in [2.24, 2.45) is 0 Å². The van der Waals surface area contributed by atoms with Crippen LogP contribution in [0, 0.1) is 0 Å². The van der Waals surface area contributed by atoms with E-state index in [4.69, 9.17) is 15.6 Å². The van der Waals surface area contributed by atoms with Crippen LogP contribution in [0.3, 0.4) is 0 Å². The van der Waals surface area contributed by atoms with E-state index in [1.807, 2.05) is 12.1 Å². The van der Waals surface area contributed by atoms with Gasteiger partial charge in [-0.15, -0.1) is 0 Å². The number of isothiocyanates is 1. The van der Waals surface area contributed by atoms with Crippen molar-refractivity contribution in [3.05, 3.63) is 124 Å². The SMILES string of the molecule is C[Si]1(C)C=CC=C1c1ccc(-c2cc(C(F)(F)F)n[n-]2)nc1.O=C(O)c1ccnc(-c2cc(C(=O)O)cc(-c3cc(C(=O)O)ccn3)n2)c1.[N-]=C=S.[Ru+2]. The molecule has 0 aliphatic carbocycles. The average Bonchev–Trinajstić information content (AvgIpc) is 3.76. The molecule has 0 fully saturated rings. The average molecular weight is 845 g/mol. The van der Waals surface area contributed by atoms with Gasteiger partial charge in [0.05, 0.1) is 39.5 Å². The zero-order valence-corrected chi connectivity index (χ0v) is 30.8. The topological polar surface area (TPSA) is 213 Å². The van der Waals surface area contributed by atoms with Crippen molar-refractivity contribution in [2.45, 2.75) is 19.3 Å². The van der Waals surface area contributed by atoms with Crippen molar-refractivity contribution < 1.29 is 62.4 Å². The maximum atomic E-state index is 12.5. The molecule has 0 spiro atoms. The minimum Gasteiger partial charge on any atom is -0.753 e. The number of hydrogen-bond acceptors (Lipinski definition) is 9. The molecule has 0 amide bonds. The van der Waals surface area contributed by atoms with E-state index in [9.17, 15) is 32.7 Å². The summed E-state index contributed by atoms with van der Waals surface area (Å²) in [6.07, 6.45) is 3.88. The van der Waals surface area contributed by atoms with Gasteiger partial charge in [-0.1, -0.05) is 54.9 Å². The Morgan fingerprint density at radius 3 is 1.70 bits per heavy atom. The van der Waals surface area contributed by atoms with Gasteiger partial charge in [-0.25, -0.2) is 19.4 Å². The van der Waals surface area contributed by atoms with E-state index in [0.29, 0.717) is 5.69 Å². The number of thiocarbonyl (C=S) groups is 1. The first-order valence-corrected chi connectivity index (χ1v) is 18.1. The van der Waals surface area contributed by atoms with Gasteiger partial charge in [0.25, 0.3) is 0 Å². The molecule has 3 N–H and O–H groups in total. The number of aromatic carboxylic acids is 3. The second-order valence-corrected chi connectivity index (χ2v) is 15.7. The van der Waals surface area contributed by atoms with Crippen molar-refractivity contribution in [2.75, 3.05) is 0 Å². The quantitative estimate of drug-likeness (QED) is 0.0873. The third-order valence-corrected chi connectivity index (χ3v) is 10.1. The van der Waals surface area contributed by atoms with Gasteiger partial charge in [0.15, 0.2) is 0 Å². The maximum absolute atomic E-state index is 12.5. The summed E-state index contributed by atoms with van der Waals surface area (Å²) in [4.78, 5) is 50.3. The van der Waals surface area contributed by atoms with Crippen LogP contribution in [-0.2, 0) is 25.7 Å². The molecular formula is C34H24F3N7O6RuSSi. The number of carboxylic acid groups (broad SMARTS) is 3. The molecule has 6 heterocycles. The molecule has 1 aliphatic heterocycles. The van der Waals surface area contributed by atoms with Gasteiger partial charge in [0.2, 0.25) is 0 Å². The summed E-state index contributed by atoms with van der Waals surface area (Å²) < 4.78 is 37.6. The van der Waals surface area contributed by atoms with E-state index in [0.717, 1.165) is 11.6 Å². The summed E-state index contributed by atoms with van der Waals surface area (Å²) in [6, 6.07) is 12.1.